The summed E-state index contributed by atoms with van der Waals surface area (Å²) in [5.74, 6) is 0.949. The fourth-order valence-electron chi connectivity index (χ4n) is 1.89. The number of aryl methyl sites for hydroxylation is 1. The highest BCUT2D eigenvalue weighted by Gasteiger charge is 2.16. The van der Waals surface area contributed by atoms with Crippen LogP contribution >= 0.6 is 0 Å². The Balaban J connectivity index is 1.81. The van der Waals surface area contributed by atoms with E-state index < -0.39 is 0 Å². The van der Waals surface area contributed by atoms with Gasteiger partial charge < -0.3 is 4.52 Å². The van der Waals surface area contributed by atoms with Gasteiger partial charge in [-0.1, -0.05) is 5.16 Å². The fraction of sp³-hybridized carbons (Fsp3) is 0.636. The Morgan fingerprint density at radius 3 is 2.75 bits per heavy atom. The minimum atomic E-state index is 0.852. The molecule has 0 aliphatic carbocycles. The Labute approximate surface area is 95.7 Å². The van der Waals surface area contributed by atoms with Crippen LogP contribution in [0.3, 0.4) is 0 Å². The first-order chi connectivity index (χ1) is 7.78. The van der Waals surface area contributed by atoms with E-state index in [9.17, 15) is 0 Å². The highest BCUT2D eigenvalue weighted by molar-refractivity contribution is 5.52. The molecule has 0 aromatic carbocycles. The molecule has 5 heteroatoms. The highest BCUT2D eigenvalue weighted by atomic mass is 16.5. The minimum absolute atomic E-state index is 0.852. The lowest BCUT2D eigenvalue weighted by Gasteiger charge is -2.32. The normalized spacial score (nSPS) is 18.5. The summed E-state index contributed by atoms with van der Waals surface area (Å²) in [5, 5.41) is 10.3. The number of hydrazone groups is 1. The molecule has 1 fully saturated rings. The number of hydrogen-bond acceptors (Lipinski definition) is 5. The molecule has 1 aromatic heterocycles. The molecule has 5 nitrogen and oxygen atoms in total. The molecule has 0 unspecified atom stereocenters. The second-order valence-electron chi connectivity index (χ2n) is 4.04. The SMILES string of the molecule is C/C=N\N1CCN(Cc2cc(C)no2)CC1. The van der Waals surface area contributed by atoms with Gasteiger partial charge in [-0.25, -0.2) is 0 Å². The van der Waals surface area contributed by atoms with Crippen molar-refractivity contribution in [3.63, 3.8) is 0 Å². The second-order valence-corrected chi connectivity index (χ2v) is 4.04. The largest absolute Gasteiger partial charge is 0.360 e. The van der Waals surface area contributed by atoms with Crippen molar-refractivity contribution in [3.8, 4) is 0 Å². The maximum absolute atomic E-state index is 5.21. The number of aromatic nitrogens is 1. The summed E-state index contributed by atoms with van der Waals surface area (Å²) in [5.41, 5.74) is 0.948. The Hall–Kier alpha value is -1.36. The van der Waals surface area contributed by atoms with Gasteiger partial charge in [0.25, 0.3) is 0 Å². The van der Waals surface area contributed by atoms with Crippen LogP contribution in [0.2, 0.25) is 0 Å². The van der Waals surface area contributed by atoms with E-state index >= 15 is 0 Å². The van der Waals surface area contributed by atoms with E-state index in [0.29, 0.717) is 0 Å². The topological polar surface area (TPSA) is 44.9 Å². The third kappa shape index (κ3) is 2.82. The van der Waals surface area contributed by atoms with E-state index in [0.717, 1.165) is 44.2 Å². The van der Waals surface area contributed by atoms with Gasteiger partial charge >= 0.3 is 0 Å². The first-order valence-electron chi connectivity index (χ1n) is 5.66. The van der Waals surface area contributed by atoms with Gasteiger partial charge in [0.15, 0.2) is 5.76 Å². The van der Waals surface area contributed by atoms with Crippen molar-refractivity contribution in [2.24, 2.45) is 5.10 Å². The van der Waals surface area contributed by atoms with Crippen LogP contribution in [0.25, 0.3) is 0 Å². The van der Waals surface area contributed by atoms with Crippen molar-refractivity contribution in [1.29, 1.82) is 0 Å². The fourth-order valence-corrected chi connectivity index (χ4v) is 1.89. The molecule has 0 atom stereocenters. The average molecular weight is 222 g/mol. The van der Waals surface area contributed by atoms with E-state index in [4.69, 9.17) is 4.52 Å². The predicted octanol–water partition coefficient (Wildman–Crippen LogP) is 1.11. The molecule has 1 aliphatic rings. The van der Waals surface area contributed by atoms with Crippen molar-refractivity contribution in [2.75, 3.05) is 26.2 Å². The highest BCUT2D eigenvalue weighted by Crippen LogP contribution is 2.09. The van der Waals surface area contributed by atoms with Crippen molar-refractivity contribution in [2.45, 2.75) is 20.4 Å². The van der Waals surface area contributed by atoms with Crippen molar-refractivity contribution in [1.82, 2.24) is 15.1 Å². The van der Waals surface area contributed by atoms with Crippen LogP contribution < -0.4 is 0 Å². The summed E-state index contributed by atoms with van der Waals surface area (Å²) in [6.45, 7) is 8.76. The molecular formula is C11H18N4O. The zero-order chi connectivity index (χ0) is 11.4. The van der Waals surface area contributed by atoms with E-state index in [2.05, 4.69) is 20.2 Å². The first kappa shape index (κ1) is 11.1. The van der Waals surface area contributed by atoms with Crippen LogP contribution in [0.1, 0.15) is 18.4 Å². The molecule has 0 spiro atoms. The van der Waals surface area contributed by atoms with Crippen molar-refractivity contribution in [3.05, 3.63) is 17.5 Å². The zero-order valence-electron chi connectivity index (χ0n) is 9.89. The smallest absolute Gasteiger partial charge is 0.150 e. The molecule has 1 saturated heterocycles. The number of hydrogen-bond donors (Lipinski definition) is 0. The van der Waals surface area contributed by atoms with E-state index in [-0.39, 0.29) is 0 Å². The zero-order valence-corrected chi connectivity index (χ0v) is 9.89. The molecule has 0 N–H and O–H groups in total. The van der Waals surface area contributed by atoms with Crippen LogP contribution in [0.5, 0.6) is 0 Å². The summed E-state index contributed by atoms with van der Waals surface area (Å²) in [4.78, 5) is 2.36. The van der Waals surface area contributed by atoms with Crippen LogP contribution in [0.15, 0.2) is 15.7 Å². The van der Waals surface area contributed by atoms with Gasteiger partial charge in [0, 0.05) is 38.5 Å². The maximum atomic E-state index is 5.21. The predicted molar refractivity (Wildman–Crippen MR) is 62.3 cm³/mol. The third-order valence-corrected chi connectivity index (χ3v) is 2.68. The van der Waals surface area contributed by atoms with Crippen LogP contribution in [0, 0.1) is 6.92 Å². The molecule has 0 amide bonds. The number of piperazine rings is 1. The Kier molecular flexibility index (Phi) is 3.56. The van der Waals surface area contributed by atoms with Gasteiger partial charge in [0.2, 0.25) is 0 Å². The molecule has 2 heterocycles. The first-order valence-corrected chi connectivity index (χ1v) is 5.66. The third-order valence-electron chi connectivity index (χ3n) is 2.68. The summed E-state index contributed by atoms with van der Waals surface area (Å²) in [7, 11) is 0. The van der Waals surface area contributed by atoms with Gasteiger partial charge in [-0.2, -0.15) is 5.10 Å². The Bertz CT molecular complexity index is 353. The van der Waals surface area contributed by atoms with Crippen LogP contribution in [-0.4, -0.2) is 47.5 Å². The van der Waals surface area contributed by atoms with Gasteiger partial charge in [0.05, 0.1) is 12.2 Å². The summed E-state index contributed by atoms with van der Waals surface area (Å²) in [6.07, 6.45) is 1.84. The Morgan fingerprint density at radius 1 is 1.44 bits per heavy atom. The summed E-state index contributed by atoms with van der Waals surface area (Å²) in [6, 6.07) is 2.00. The monoisotopic (exact) mass is 222 g/mol. The summed E-state index contributed by atoms with van der Waals surface area (Å²) >= 11 is 0. The second kappa shape index (κ2) is 5.12. The van der Waals surface area contributed by atoms with Gasteiger partial charge in [0.1, 0.15) is 0 Å². The molecule has 0 bridgehead atoms. The van der Waals surface area contributed by atoms with E-state index in [1.54, 1.807) is 0 Å². The van der Waals surface area contributed by atoms with E-state index in [1.165, 1.54) is 0 Å². The average Bonchev–Trinajstić information content (AvgIpc) is 2.67. The lowest BCUT2D eigenvalue weighted by atomic mass is 10.3. The minimum Gasteiger partial charge on any atom is -0.360 e. The number of nitrogens with zero attached hydrogens (tertiary/aromatic N) is 4. The van der Waals surface area contributed by atoms with Gasteiger partial charge in [-0.15, -0.1) is 0 Å². The van der Waals surface area contributed by atoms with E-state index in [1.807, 2.05) is 26.1 Å². The summed E-state index contributed by atoms with van der Waals surface area (Å²) < 4.78 is 5.21. The lowest BCUT2D eigenvalue weighted by molar-refractivity contribution is 0.122. The van der Waals surface area contributed by atoms with Crippen molar-refractivity contribution < 1.29 is 4.52 Å². The number of rotatable bonds is 3. The molecule has 2 rings (SSSR count). The molecule has 88 valence electrons. The van der Waals surface area contributed by atoms with Gasteiger partial charge in [-0.05, 0) is 13.8 Å². The van der Waals surface area contributed by atoms with Gasteiger partial charge in [-0.3, -0.25) is 9.91 Å². The van der Waals surface area contributed by atoms with Crippen LogP contribution in [0.4, 0.5) is 0 Å². The molecular weight excluding hydrogens is 204 g/mol. The molecule has 0 saturated carbocycles. The standard InChI is InChI=1S/C11H18N4O/c1-3-12-15-6-4-14(5-7-15)9-11-8-10(2)13-16-11/h3,8H,4-7,9H2,1-2H3/b12-3-. The molecule has 1 aromatic rings. The maximum Gasteiger partial charge on any atom is 0.150 e. The molecule has 16 heavy (non-hydrogen) atoms. The quantitative estimate of drug-likeness (QED) is 0.719. The van der Waals surface area contributed by atoms with Crippen LogP contribution in [-0.2, 0) is 6.54 Å². The lowest BCUT2D eigenvalue weighted by Crippen LogP contribution is -2.43. The Morgan fingerprint density at radius 2 is 2.19 bits per heavy atom. The van der Waals surface area contributed by atoms with Crippen molar-refractivity contribution >= 4 is 6.21 Å². The molecule has 0 radical (unpaired) electrons. The molecule has 1 aliphatic heterocycles.